The van der Waals surface area contributed by atoms with Crippen molar-refractivity contribution in [3.8, 4) is 0 Å². The third-order valence-corrected chi connectivity index (χ3v) is 5.88. The molecule has 1 saturated heterocycles. The van der Waals surface area contributed by atoms with Crippen LogP contribution in [-0.4, -0.2) is 44.7 Å². The average molecular weight is 393 g/mol. The molecule has 1 fully saturated rings. The first-order chi connectivity index (χ1) is 12.0. The van der Waals surface area contributed by atoms with E-state index in [1.54, 1.807) is 0 Å². The molecule has 0 aromatic heterocycles. The summed E-state index contributed by atoms with van der Waals surface area (Å²) in [5.74, 6) is -0.232. The van der Waals surface area contributed by atoms with E-state index < -0.39 is 39.9 Å². The molecule has 2 N–H and O–H groups in total. The van der Waals surface area contributed by atoms with Gasteiger partial charge in [-0.1, -0.05) is 18.2 Å². The fourth-order valence-electron chi connectivity index (χ4n) is 3.09. The van der Waals surface area contributed by atoms with Gasteiger partial charge in [-0.15, -0.1) is 0 Å². The molecule has 6 nitrogen and oxygen atoms in total. The monoisotopic (exact) mass is 393 g/mol. The third-order valence-electron chi connectivity index (χ3n) is 4.43. The lowest BCUT2D eigenvalue weighted by Crippen LogP contribution is -2.47. The fourth-order valence-corrected chi connectivity index (χ4v) is 4.11. The Morgan fingerprint density at radius 3 is 2.62 bits per heavy atom. The van der Waals surface area contributed by atoms with Gasteiger partial charge in [-0.25, -0.2) is 17.9 Å². The number of amides is 2. The van der Waals surface area contributed by atoms with Crippen molar-refractivity contribution in [1.29, 1.82) is 0 Å². The lowest BCUT2D eigenvalue weighted by Gasteiger charge is -2.27. The van der Waals surface area contributed by atoms with Gasteiger partial charge in [0.1, 0.15) is 0 Å². The first-order valence-corrected chi connectivity index (χ1v) is 9.85. The number of halogens is 3. The first kappa shape index (κ1) is 20.5. The molecule has 1 aromatic carbocycles. The van der Waals surface area contributed by atoms with Gasteiger partial charge in [0, 0.05) is 12.6 Å². The number of hydrogen-bond donors (Lipinski definition) is 2. The molecule has 146 valence electrons. The molecule has 2 rings (SSSR count). The van der Waals surface area contributed by atoms with Crippen LogP contribution in [0.5, 0.6) is 0 Å². The van der Waals surface area contributed by atoms with Crippen molar-refractivity contribution < 1.29 is 26.4 Å². The number of hydrogen-bond acceptors (Lipinski definition) is 3. The van der Waals surface area contributed by atoms with Gasteiger partial charge in [-0.3, -0.25) is 0 Å². The molecule has 0 spiro atoms. The lowest BCUT2D eigenvalue weighted by atomic mass is 10.0. The summed E-state index contributed by atoms with van der Waals surface area (Å²) in [6.07, 6.45) is -3.35. The highest BCUT2D eigenvalue weighted by Crippen LogP contribution is 2.34. The SMILES string of the molecule is CNS(=O)(=O)CC1CCCN1C(=O)NC(C)c1ccccc1C(F)(F)F. The number of carbonyl (C=O) groups is 1. The predicted octanol–water partition coefficient (Wildman–Crippen LogP) is 2.49. The molecule has 0 radical (unpaired) electrons. The van der Waals surface area contributed by atoms with Gasteiger partial charge >= 0.3 is 12.2 Å². The molecule has 0 bridgehead atoms. The Labute approximate surface area is 150 Å². The van der Waals surface area contributed by atoms with E-state index in [9.17, 15) is 26.4 Å². The van der Waals surface area contributed by atoms with Crippen molar-refractivity contribution >= 4 is 16.1 Å². The summed E-state index contributed by atoms with van der Waals surface area (Å²) < 4.78 is 65.1. The number of benzene rings is 1. The number of rotatable bonds is 5. The van der Waals surface area contributed by atoms with Crippen molar-refractivity contribution in [3.05, 3.63) is 35.4 Å². The molecular weight excluding hydrogens is 371 g/mol. The summed E-state index contributed by atoms with van der Waals surface area (Å²) in [6, 6.07) is 3.12. The second-order valence-corrected chi connectivity index (χ2v) is 8.20. The van der Waals surface area contributed by atoms with Crippen LogP contribution in [0.25, 0.3) is 0 Å². The second-order valence-electron chi connectivity index (χ2n) is 6.23. The third kappa shape index (κ3) is 4.88. The summed E-state index contributed by atoms with van der Waals surface area (Å²) in [5.41, 5.74) is -0.838. The zero-order valence-corrected chi connectivity index (χ0v) is 15.3. The maximum atomic E-state index is 13.1. The topological polar surface area (TPSA) is 78.5 Å². The quantitative estimate of drug-likeness (QED) is 0.807. The average Bonchev–Trinajstić information content (AvgIpc) is 3.01. The molecule has 2 atom stereocenters. The zero-order chi connectivity index (χ0) is 19.5. The highest BCUT2D eigenvalue weighted by Gasteiger charge is 2.36. The Bertz CT molecular complexity index is 753. The lowest BCUT2D eigenvalue weighted by molar-refractivity contribution is -0.138. The predicted molar refractivity (Wildman–Crippen MR) is 91.0 cm³/mol. The van der Waals surface area contributed by atoms with Crippen LogP contribution in [0.15, 0.2) is 24.3 Å². The Balaban J connectivity index is 2.12. The molecule has 2 amide bonds. The van der Waals surface area contributed by atoms with Crippen LogP contribution >= 0.6 is 0 Å². The van der Waals surface area contributed by atoms with Crippen LogP contribution in [-0.2, 0) is 16.2 Å². The summed E-state index contributed by atoms with van der Waals surface area (Å²) in [5, 5.41) is 2.56. The van der Waals surface area contributed by atoms with E-state index in [1.165, 1.54) is 37.1 Å². The minimum atomic E-state index is -4.52. The van der Waals surface area contributed by atoms with Gasteiger partial charge in [0.25, 0.3) is 0 Å². The van der Waals surface area contributed by atoms with Gasteiger partial charge in [0.15, 0.2) is 0 Å². The molecular formula is C16H22F3N3O3S. The van der Waals surface area contributed by atoms with E-state index in [2.05, 4.69) is 10.0 Å². The number of sulfonamides is 1. The Kier molecular flexibility index (Phi) is 6.17. The molecule has 1 aromatic rings. The molecule has 10 heteroatoms. The standard InChI is InChI=1S/C16H22F3N3O3S/c1-11(13-7-3-4-8-14(13)16(17,18)19)21-15(23)22-9-5-6-12(22)10-26(24,25)20-2/h3-4,7-8,11-12,20H,5-6,9-10H2,1-2H3,(H,21,23). The van der Waals surface area contributed by atoms with E-state index in [0.717, 1.165) is 6.07 Å². The molecule has 1 aliphatic heterocycles. The number of carbonyl (C=O) groups excluding carboxylic acids is 1. The molecule has 2 unspecified atom stereocenters. The van der Waals surface area contributed by atoms with E-state index in [4.69, 9.17) is 0 Å². The van der Waals surface area contributed by atoms with Crippen molar-refractivity contribution in [2.45, 2.75) is 38.0 Å². The molecule has 26 heavy (non-hydrogen) atoms. The van der Waals surface area contributed by atoms with Crippen LogP contribution in [0.3, 0.4) is 0 Å². The highest BCUT2D eigenvalue weighted by atomic mass is 32.2. The summed E-state index contributed by atoms with van der Waals surface area (Å²) >= 11 is 0. The van der Waals surface area contributed by atoms with Crippen LogP contribution in [0.4, 0.5) is 18.0 Å². The Morgan fingerprint density at radius 2 is 2.00 bits per heavy atom. The van der Waals surface area contributed by atoms with E-state index in [1.807, 2.05) is 0 Å². The van der Waals surface area contributed by atoms with Crippen molar-refractivity contribution in [1.82, 2.24) is 14.9 Å². The minimum absolute atomic E-state index is 0.0352. The molecule has 0 saturated carbocycles. The second kappa shape index (κ2) is 7.83. The highest BCUT2D eigenvalue weighted by molar-refractivity contribution is 7.89. The van der Waals surface area contributed by atoms with Gasteiger partial charge in [0.05, 0.1) is 17.4 Å². The normalized spacial score (nSPS) is 19.4. The minimum Gasteiger partial charge on any atom is -0.331 e. The van der Waals surface area contributed by atoms with Crippen molar-refractivity contribution in [2.75, 3.05) is 19.3 Å². The van der Waals surface area contributed by atoms with E-state index >= 15 is 0 Å². The maximum absolute atomic E-state index is 13.1. The summed E-state index contributed by atoms with van der Waals surface area (Å²) in [4.78, 5) is 13.9. The Morgan fingerprint density at radius 1 is 1.35 bits per heavy atom. The molecule has 1 heterocycles. The smallest absolute Gasteiger partial charge is 0.331 e. The van der Waals surface area contributed by atoms with Crippen molar-refractivity contribution in [3.63, 3.8) is 0 Å². The van der Waals surface area contributed by atoms with Gasteiger partial charge < -0.3 is 10.2 Å². The number of likely N-dealkylation sites (tertiary alicyclic amines) is 1. The Hall–Kier alpha value is -1.81. The molecule has 1 aliphatic rings. The van der Waals surface area contributed by atoms with Crippen LogP contribution in [0, 0.1) is 0 Å². The number of nitrogens with one attached hydrogen (secondary N) is 2. The number of urea groups is 1. The van der Waals surface area contributed by atoms with Gasteiger partial charge in [-0.2, -0.15) is 13.2 Å². The summed E-state index contributed by atoms with van der Waals surface area (Å²) in [7, 11) is -2.20. The molecule has 0 aliphatic carbocycles. The maximum Gasteiger partial charge on any atom is 0.416 e. The van der Waals surface area contributed by atoms with Crippen LogP contribution in [0.2, 0.25) is 0 Å². The number of nitrogens with zero attached hydrogens (tertiary/aromatic N) is 1. The largest absolute Gasteiger partial charge is 0.416 e. The summed E-state index contributed by atoms with van der Waals surface area (Å²) in [6.45, 7) is 1.83. The van der Waals surface area contributed by atoms with Gasteiger partial charge in [0.2, 0.25) is 10.0 Å². The van der Waals surface area contributed by atoms with E-state index in [-0.39, 0.29) is 11.3 Å². The first-order valence-electron chi connectivity index (χ1n) is 8.19. The zero-order valence-electron chi connectivity index (χ0n) is 14.5. The van der Waals surface area contributed by atoms with Crippen LogP contribution < -0.4 is 10.0 Å². The van der Waals surface area contributed by atoms with Crippen LogP contribution in [0.1, 0.15) is 36.9 Å². The number of alkyl halides is 3. The van der Waals surface area contributed by atoms with Crippen molar-refractivity contribution in [2.24, 2.45) is 0 Å². The van der Waals surface area contributed by atoms with Gasteiger partial charge in [-0.05, 0) is 38.4 Å². The fraction of sp³-hybridized carbons (Fsp3) is 0.562. The van der Waals surface area contributed by atoms with E-state index in [0.29, 0.717) is 19.4 Å².